The van der Waals surface area contributed by atoms with Crippen molar-refractivity contribution < 1.29 is 9.32 Å². The van der Waals surface area contributed by atoms with Crippen molar-refractivity contribution in [3.05, 3.63) is 52.5 Å². The Hall–Kier alpha value is -1.99. The van der Waals surface area contributed by atoms with Crippen LogP contribution in [0.3, 0.4) is 0 Å². The molecular formula is C16H14BrN3O2S. The minimum Gasteiger partial charge on any atom is -0.354 e. The molecule has 1 N–H and O–H groups in total. The summed E-state index contributed by atoms with van der Waals surface area (Å²) in [7, 11) is 0. The molecule has 0 aliphatic heterocycles. The number of carbonyl (C=O) groups is 1. The molecular weight excluding hydrogens is 378 g/mol. The van der Waals surface area contributed by atoms with Gasteiger partial charge < -0.3 is 9.84 Å². The van der Waals surface area contributed by atoms with E-state index in [-0.39, 0.29) is 0 Å². The van der Waals surface area contributed by atoms with Crippen LogP contribution in [-0.4, -0.2) is 11.2 Å². The SMILES string of the molecule is CCc1ccccc1NC(=O)N(S)c1noc2ccc(Br)cc12. The van der Waals surface area contributed by atoms with Crippen LogP contribution in [0.15, 0.2) is 51.5 Å². The standard InChI is InChI=1S/C16H14BrN3O2S/c1-2-10-5-3-4-6-13(10)18-16(21)20(23)15-12-9-11(17)7-8-14(12)22-19-15/h3-9,23H,2H2,1H3,(H,18,21). The van der Waals surface area contributed by atoms with Crippen LogP contribution >= 0.6 is 28.7 Å². The summed E-state index contributed by atoms with van der Waals surface area (Å²) in [6.45, 7) is 2.03. The number of carbonyl (C=O) groups excluding carboxylic acids is 1. The van der Waals surface area contributed by atoms with E-state index in [1.165, 1.54) is 0 Å². The van der Waals surface area contributed by atoms with Crippen molar-refractivity contribution in [2.75, 3.05) is 9.62 Å². The Morgan fingerprint density at radius 1 is 1.35 bits per heavy atom. The normalized spacial score (nSPS) is 10.7. The van der Waals surface area contributed by atoms with Gasteiger partial charge in [0.05, 0.1) is 5.39 Å². The third kappa shape index (κ3) is 3.20. The number of urea groups is 1. The monoisotopic (exact) mass is 391 g/mol. The van der Waals surface area contributed by atoms with Gasteiger partial charge in [0.1, 0.15) is 0 Å². The number of thiol groups is 1. The lowest BCUT2D eigenvalue weighted by atomic mass is 10.1. The van der Waals surface area contributed by atoms with E-state index >= 15 is 0 Å². The number of nitrogens with zero attached hydrogens (tertiary/aromatic N) is 2. The maximum absolute atomic E-state index is 12.5. The Labute approximate surface area is 147 Å². The molecule has 0 saturated carbocycles. The van der Waals surface area contributed by atoms with E-state index in [2.05, 4.69) is 39.2 Å². The highest BCUT2D eigenvalue weighted by molar-refractivity contribution is 9.10. The lowest BCUT2D eigenvalue weighted by Gasteiger charge is -2.15. The zero-order chi connectivity index (χ0) is 16.4. The largest absolute Gasteiger partial charge is 0.354 e. The molecule has 1 aromatic heterocycles. The van der Waals surface area contributed by atoms with E-state index in [0.29, 0.717) is 16.8 Å². The molecule has 3 aromatic rings. The van der Waals surface area contributed by atoms with Gasteiger partial charge in [0.15, 0.2) is 11.4 Å². The summed E-state index contributed by atoms with van der Waals surface area (Å²) in [6, 6.07) is 12.7. The van der Waals surface area contributed by atoms with Crippen LogP contribution in [0.5, 0.6) is 0 Å². The van der Waals surface area contributed by atoms with Crippen molar-refractivity contribution in [2.24, 2.45) is 0 Å². The summed E-state index contributed by atoms with van der Waals surface area (Å²) in [5.74, 6) is 0.344. The van der Waals surface area contributed by atoms with Gasteiger partial charge in [0.25, 0.3) is 0 Å². The molecule has 2 amide bonds. The first-order valence-electron chi connectivity index (χ1n) is 7.03. The maximum Gasteiger partial charge on any atom is 0.337 e. The predicted octanol–water partition coefficient (Wildman–Crippen LogP) is 5.04. The van der Waals surface area contributed by atoms with Crippen molar-refractivity contribution in [3.63, 3.8) is 0 Å². The molecule has 118 valence electrons. The summed E-state index contributed by atoms with van der Waals surface area (Å²) < 4.78 is 7.24. The van der Waals surface area contributed by atoms with Crippen LogP contribution < -0.4 is 9.62 Å². The number of para-hydroxylation sites is 1. The number of aryl methyl sites for hydroxylation is 1. The van der Waals surface area contributed by atoms with E-state index in [4.69, 9.17) is 4.52 Å². The molecule has 0 saturated heterocycles. The number of rotatable bonds is 3. The predicted molar refractivity (Wildman–Crippen MR) is 98.0 cm³/mol. The first kappa shape index (κ1) is 15.9. The molecule has 0 spiro atoms. The third-order valence-corrected chi connectivity index (χ3v) is 4.31. The van der Waals surface area contributed by atoms with Crippen LogP contribution in [0.25, 0.3) is 11.0 Å². The van der Waals surface area contributed by atoms with Gasteiger partial charge >= 0.3 is 6.03 Å². The molecule has 2 aromatic carbocycles. The van der Waals surface area contributed by atoms with Crippen LogP contribution in [-0.2, 0) is 6.42 Å². The van der Waals surface area contributed by atoms with E-state index in [0.717, 1.165) is 26.4 Å². The summed E-state index contributed by atoms with van der Waals surface area (Å²) in [5.41, 5.74) is 2.40. The molecule has 23 heavy (non-hydrogen) atoms. The number of anilines is 2. The van der Waals surface area contributed by atoms with E-state index in [9.17, 15) is 4.79 Å². The molecule has 5 nitrogen and oxygen atoms in total. The lowest BCUT2D eigenvalue weighted by molar-refractivity contribution is 0.260. The smallest absolute Gasteiger partial charge is 0.337 e. The lowest BCUT2D eigenvalue weighted by Crippen LogP contribution is -2.27. The van der Waals surface area contributed by atoms with Crippen LogP contribution in [0.4, 0.5) is 16.3 Å². The third-order valence-electron chi connectivity index (χ3n) is 3.45. The number of hydrogen-bond donors (Lipinski definition) is 2. The second-order valence-electron chi connectivity index (χ2n) is 4.90. The van der Waals surface area contributed by atoms with Gasteiger partial charge in [-0.2, -0.15) is 0 Å². The number of fused-ring (bicyclic) bond motifs is 1. The second-order valence-corrected chi connectivity index (χ2v) is 6.21. The fraction of sp³-hybridized carbons (Fsp3) is 0.125. The highest BCUT2D eigenvalue weighted by Crippen LogP contribution is 2.30. The molecule has 0 fully saturated rings. The Balaban J connectivity index is 1.88. The number of halogens is 1. The number of nitrogens with one attached hydrogen (secondary N) is 1. The fourth-order valence-corrected chi connectivity index (χ4v) is 2.82. The van der Waals surface area contributed by atoms with Crippen molar-refractivity contribution in [1.82, 2.24) is 5.16 Å². The minimum absolute atomic E-state index is 0.344. The topological polar surface area (TPSA) is 58.4 Å². The summed E-state index contributed by atoms with van der Waals surface area (Å²) in [4.78, 5) is 12.5. The summed E-state index contributed by atoms with van der Waals surface area (Å²) >= 11 is 7.66. The highest BCUT2D eigenvalue weighted by atomic mass is 79.9. The van der Waals surface area contributed by atoms with Crippen molar-refractivity contribution >= 4 is 57.3 Å². The highest BCUT2D eigenvalue weighted by Gasteiger charge is 2.20. The number of amides is 2. The Kier molecular flexibility index (Phi) is 4.58. The average molecular weight is 392 g/mol. The van der Waals surface area contributed by atoms with Crippen LogP contribution in [0, 0.1) is 0 Å². The Morgan fingerprint density at radius 3 is 2.91 bits per heavy atom. The van der Waals surface area contributed by atoms with Gasteiger partial charge in [-0.15, -0.1) is 0 Å². The van der Waals surface area contributed by atoms with Gasteiger partial charge in [-0.05, 0) is 36.2 Å². The van der Waals surface area contributed by atoms with Gasteiger partial charge in [-0.3, -0.25) is 0 Å². The minimum atomic E-state index is -0.399. The molecule has 0 unspecified atom stereocenters. The maximum atomic E-state index is 12.5. The van der Waals surface area contributed by atoms with Crippen molar-refractivity contribution in [1.29, 1.82) is 0 Å². The molecule has 0 atom stereocenters. The molecule has 0 aliphatic rings. The zero-order valence-corrected chi connectivity index (χ0v) is 14.8. The quantitative estimate of drug-likeness (QED) is 0.615. The Morgan fingerprint density at radius 2 is 2.13 bits per heavy atom. The van der Waals surface area contributed by atoms with Gasteiger partial charge in [0, 0.05) is 10.2 Å². The zero-order valence-electron chi connectivity index (χ0n) is 12.3. The number of benzene rings is 2. The van der Waals surface area contributed by atoms with Gasteiger partial charge in [-0.1, -0.05) is 59.0 Å². The first-order valence-corrected chi connectivity index (χ1v) is 8.22. The molecule has 7 heteroatoms. The number of hydrogen-bond acceptors (Lipinski definition) is 4. The van der Waals surface area contributed by atoms with Crippen molar-refractivity contribution in [3.8, 4) is 0 Å². The summed E-state index contributed by atoms with van der Waals surface area (Å²) in [6.07, 6.45) is 0.822. The van der Waals surface area contributed by atoms with Gasteiger partial charge in [0.2, 0.25) is 0 Å². The molecule has 3 rings (SSSR count). The molecule has 1 heterocycles. The van der Waals surface area contributed by atoms with E-state index in [1.807, 2.05) is 43.3 Å². The second kappa shape index (κ2) is 6.64. The average Bonchev–Trinajstić information content (AvgIpc) is 2.97. The summed E-state index contributed by atoms with van der Waals surface area (Å²) in [5, 5.41) is 7.48. The van der Waals surface area contributed by atoms with Crippen molar-refractivity contribution in [2.45, 2.75) is 13.3 Å². The molecule has 0 radical (unpaired) electrons. The Bertz CT molecular complexity index is 865. The number of aromatic nitrogens is 1. The van der Waals surface area contributed by atoms with E-state index < -0.39 is 6.03 Å². The van der Waals surface area contributed by atoms with Crippen LogP contribution in [0.2, 0.25) is 0 Å². The first-order chi connectivity index (χ1) is 11.1. The molecule has 0 bridgehead atoms. The van der Waals surface area contributed by atoms with Gasteiger partial charge in [-0.25, -0.2) is 9.10 Å². The van der Waals surface area contributed by atoms with Crippen LogP contribution in [0.1, 0.15) is 12.5 Å². The molecule has 0 aliphatic carbocycles. The fourth-order valence-electron chi connectivity index (χ4n) is 2.27. The van der Waals surface area contributed by atoms with E-state index in [1.54, 1.807) is 6.07 Å².